The molecule has 2 N–H and O–H groups in total. The molecule has 0 saturated carbocycles. The minimum absolute atomic E-state index is 0. The first-order valence-corrected chi connectivity index (χ1v) is 10.2. The molecule has 0 atom stereocenters. The molecule has 1 aromatic heterocycles. The number of carbonyl (C=O) groups excluding carboxylic acids is 2. The van der Waals surface area contributed by atoms with E-state index in [0.29, 0.717) is 18.5 Å². The summed E-state index contributed by atoms with van der Waals surface area (Å²) in [7, 11) is 0. The minimum Gasteiger partial charge on any atom is -0.550 e. The molecule has 0 spiro atoms. The Bertz CT molecular complexity index is 1050. The number of carbonyl (C=O) groups is 2. The summed E-state index contributed by atoms with van der Waals surface area (Å²) < 4.78 is 13.6. The maximum Gasteiger partial charge on any atom is 1.00 e. The topological polar surface area (TPSA) is 94.2 Å². The van der Waals surface area contributed by atoms with E-state index in [9.17, 15) is 19.1 Å². The summed E-state index contributed by atoms with van der Waals surface area (Å²) in [5.74, 6) is -1.58. The predicted molar refractivity (Wildman–Crippen MR) is 114 cm³/mol. The first-order chi connectivity index (χ1) is 14.2. The number of aryl methyl sites for hydroxylation is 1. The molecule has 0 radical (unpaired) electrons. The fourth-order valence-corrected chi connectivity index (χ4v) is 3.57. The predicted octanol–water partition coefficient (Wildman–Crippen LogP) is 1.31. The number of thiazole rings is 1. The first-order valence-electron chi connectivity index (χ1n) is 9.34. The monoisotopic (exact) mass is 465 g/mol. The zero-order valence-corrected chi connectivity index (χ0v) is 21.5. The summed E-state index contributed by atoms with van der Waals surface area (Å²) in [6.07, 6.45) is 2.75. The van der Waals surface area contributed by atoms with Crippen molar-refractivity contribution in [2.45, 2.75) is 26.7 Å². The number of para-hydroxylation sites is 1. The number of benzene rings is 2. The van der Waals surface area contributed by atoms with Crippen molar-refractivity contribution in [3.63, 3.8) is 0 Å². The standard InChI is InChI=1S/C22H22FN3O3S.K/c1-22(2,20(27)28)12-11-19-24-13-18(30-19)14-7-9-15(10-8-14)25-21(29)26-17-6-4-3-5-16(17)23;/h3-10,13H,11-12H2,1-2H3,(H,27,28)(H2,25,26,29);/q;+1/p-1. The Labute approximate surface area is 226 Å². The van der Waals surface area contributed by atoms with Crippen LogP contribution in [0.4, 0.5) is 20.6 Å². The molecule has 3 aromatic rings. The maximum absolute atomic E-state index is 13.6. The summed E-state index contributed by atoms with van der Waals surface area (Å²) in [5, 5.41) is 17.1. The Morgan fingerprint density at radius 1 is 1.10 bits per heavy atom. The Balaban J connectivity index is 0.00000341. The number of anilines is 2. The van der Waals surface area contributed by atoms with Gasteiger partial charge in [0, 0.05) is 29.7 Å². The average molecular weight is 466 g/mol. The van der Waals surface area contributed by atoms with Gasteiger partial charge >= 0.3 is 57.4 Å². The third kappa shape index (κ3) is 7.20. The number of urea groups is 1. The molecule has 0 aliphatic carbocycles. The van der Waals surface area contributed by atoms with Gasteiger partial charge in [-0.2, -0.15) is 0 Å². The SMILES string of the molecule is CC(C)(CCc1ncc(-c2ccc(NC(=O)Nc3ccccc3F)cc2)s1)C(=O)[O-].[K+]. The second-order valence-electron chi connectivity index (χ2n) is 7.43. The number of nitrogens with one attached hydrogen (secondary N) is 2. The van der Waals surface area contributed by atoms with Crippen molar-refractivity contribution in [2.75, 3.05) is 10.6 Å². The average Bonchev–Trinajstić information content (AvgIpc) is 3.18. The van der Waals surface area contributed by atoms with E-state index >= 15 is 0 Å². The van der Waals surface area contributed by atoms with E-state index < -0.39 is 23.2 Å². The molecule has 0 bridgehead atoms. The molecule has 31 heavy (non-hydrogen) atoms. The van der Waals surface area contributed by atoms with E-state index in [0.717, 1.165) is 15.4 Å². The van der Waals surface area contributed by atoms with Gasteiger partial charge in [-0.15, -0.1) is 11.3 Å². The van der Waals surface area contributed by atoms with Gasteiger partial charge in [0.15, 0.2) is 0 Å². The second-order valence-corrected chi connectivity index (χ2v) is 8.54. The number of carboxylic acid groups (broad SMARTS) is 1. The molecule has 2 amide bonds. The molecule has 3 rings (SSSR count). The molecule has 0 unspecified atom stereocenters. The number of amides is 2. The number of halogens is 1. The Morgan fingerprint density at radius 2 is 1.77 bits per heavy atom. The molecule has 1 heterocycles. The van der Waals surface area contributed by atoms with Gasteiger partial charge < -0.3 is 20.5 Å². The maximum atomic E-state index is 13.6. The largest absolute Gasteiger partial charge is 1.00 e. The zero-order valence-electron chi connectivity index (χ0n) is 17.6. The van der Waals surface area contributed by atoms with E-state index in [1.54, 1.807) is 44.3 Å². The van der Waals surface area contributed by atoms with Crippen molar-refractivity contribution < 1.29 is 70.5 Å². The van der Waals surface area contributed by atoms with Gasteiger partial charge in [0.05, 0.1) is 15.6 Å². The molecule has 156 valence electrons. The number of nitrogens with zero attached hydrogens (tertiary/aromatic N) is 1. The number of aromatic nitrogens is 1. The molecule has 0 aliphatic rings. The smallest absolute Gasteiger partial charge is 0.550 e. The molecule has 6 nitrogen and oxygen atoms in total. The number of rotatable bonds is 7. The molecular formula is C22H21FKN3O3S. The molecular weight excluding hydrogens is 444 g/mol. The second kappa shape index (κ2) is 11.3. The van der Waals surface area contributed by atoms with Gasteiger partial charge in [-0.05, 0) is 36.2 Å². The molecule has 0 saturated heterocycles. The normalized spacial score (nSPS) is 10.8. The van der Waals surface area contributed by atoms with Crippen LogP contribution in [0.2, 0.25) is 0 Å². The summed E-state index contributed by atoms with van der Waals surface area (Å²) in [6, 6.07) is 12.6. The van der Waals surface area contributed by atoms with Crippen molar-refractivity contribution in [3.05, 3.63) is 65.6 Å². The van der Waals surface area contributed by atoms with Gasteiger partial charge in [-0.1, -0.05) is 38.1 Å². The van der Waals surface area contributed by atoms with Crippen LogP contribution in [0.5, 0.6) is 0 Å². The van der Waals surface area contributed by atoms with Crippen LogP contribution in [0.15, 0.2) is 54.7 Å². The van der Waals surface area contributed by atoms with E-state index in [4.69, 9.17) is 0 Å². The summed E-state index contributed by atoms with van der Waals surface area (Å²) in [5.41, 5.74) is 0.694. The fraction of sp³-hybridized carbons (Fsp3) is 0.227. The van der Waals surface area contributed by atoms with E-state index in [1.165, 1.54) is 23.5 Å². The van der Waals surface area contributed by atoms with Gasteiger partial charge in [0.1, 0.15) is 5.82 Å². The van der Waals surface area contributed by atoms with Crippen molar-refractivity contribution in [2.24, 2.45) is 5.41 Å². The zero-order chi connectivity index (χ0) is 21.7. The first kappa shape index (κ1) is 25.6. The fourth-order valence-electron chi connectivity index (χ4n) is 2.65. The van der Waals surface area contributed by atoms with Crippen LogP contribution in [0.25, 0.3) is 10.4 Å². The van der Waals surface area contributed by atoms with Crippen LogP contribution in [0.3, 0.4) is 0 Å². The minimum atomic E-state index is -1.07. The molecule has 2 aromatic carbocycles. The quantitative estimate of drug-likeness (QED) is 0.515. The molecule has 9 heteroatoms. The van der Waals surface area contributed by atoms with Crippen molar-refractivity contribution >= 4 is 34.7 Å². The third-order valence-electron chi connectivity index (χ3n) is 4.62. The van der Waals surface area contributed by atoms with E-state index in [2.05, 4.69) is 15.6 Å². The van der Waals surface area contributed by atoms with Gasteiger partial charge in [0.25, 0.3) is 0 Å². The van der Waals surface area contributed by atoms with Crippen molar-refractivity contribution in [3.8, 4) is 10.4 Å². The number of carboxylic acids is 1. The summed E-state index contributed by atoms with van der Waals surface area (Å²) in [4.78, 5) is 28.5. The third-order valence-corrected chi connectivity index (χ3v) is 5.73. The Morgan fingerprint density at radius 3 is 2.42 bits per heavy atom. The summed E-state index contributed by atoms with van der Waals surface area (Å²) in [6.45, 7) is 3.29. The number of hydrogen-bond acceptors (Lipinski definition) is 5. The van der Waals surface area contributed by atoms with E-state index in [-0.39, 0.29) is 57.1 Å². The molecule has 0 aliphatic heterocycles. The van der Waals surface area contributed by atoms with Gasteiger partial charge in [-0.25, -0.2) is 14.2 Å². The van der Waals surface area contributed by atoms with Crippen LogP contribution in [-0.2, 0) is 11.2 Å². The number of hydrogen-bond donors (Lipinski definition) is 2. The van der Waals surface area contributed by atoms with Gasteiger partial charge in [0.2, 0.25) is 0 Å². The van der Waals surface area contributed by atoms with Crippen molar-refractivity contribution in [1.82, 2.24) is 4.98 Å². The van der Waals surface area contributed by atoms with E-state index in [1.807, 2.05) is 12.1 Å². The Kier molecular flexibility index (Phi) is 9.35. The van der Waals surface area contributed by atoms with Crippen LogP contribution in [0.1, 0.15) is 25.3 Å². The van der Waals surface area contributed by atoms with Crippen LogP contribution < -0.4 is 67.1 Å². The van der Waals surface area contributed by atoms with Gasteiger partial charge in [-0.3, -0.25) is 0 Å². The van der Waals surface area contributed by atoms with Crippen LogP contribution >= 0.6 is 11.3 Å². The molecule has 0 fully saturated rings. The van der Waals surface area contributed by atoms with Crippen LogP contribution in [-0.4, -0.2) is 17.0 Å². The van der Waals surface area contributed by atoms with Crippen LogP contribution in [0, 0.1) is 11.2 Å². The summed E-state index contributed by atoms with van der Waals surface area (Å²) >= 11 is 1.50. The number of aliphatic carboxylic acids is 1. The van der Waals surface area contributed by atoms with Crippen molar-refractivity contribution in [1.29, 1.82) is 0 Å². The Hall–Kier alpha value is -1.62.